The van der Waals surface area contributed by atoms with Crippen molar-refractivity contribution in [1.82, 2.24) is 20.9 Å². The summed E-state index contributed by atoms with van der Waals surface area (Å²) in [5.74, 6) is -3.01. The molecule has 3 unspecified atom stereocenters. The Kier molecular flexibility index (Phi) is 10.8. The van der Waals surface area contributed by atoms with Gasteiger partial charge in [-0.15, -0.1) is 0 Å². The van der Waals surface area contributed by atoms with Gasteiger partial charge in [-0.05, 0) is 43.9 Å². The fourth-order valence-electron chi connectivity index (χ4n) is 3.42. The second-order valence-electron chi connectivity index (χ2n) is 7.87. The summed E-state index contributed by atoms with van der Waals surface area (Å²) in [4.78, 5) is 51.7. The Morgan fingerprint density at radius 2 is 1.74 bits per heavy atom. The van der Waals surface area contributed by atoms with Gasteiger partial charge in [0, 0.05) is 22.9 Å². The molecule has 2 aromatic rings. The molecule has 0 radical (unpaired) electrons. The van der Waals surface area contributed by atoms with Gasteiger partial charge in [-0.2, -0.15) is 12.6 Å². The van der Waals surface area contributed by atoms with Crippen molar-refractivity contribution in [2.45, 2.75) is 43.8 Å². The number of H-pyrrole nitrogens is 1. The molecule has 9 N–H and O–H groups in total. The number of aliphatic carboxylic acids is 1. The highest BCUT2D eigenvalue weighted by Gasteiger charge is 2.27. The number of unbranched alkanes of at least 4 members (excludes halogenated alkanes) is 1. The third-order valence-electron chi connectivity index (χ3n) is 5.26. The lowest BCUT2D eigenvalue weighted by Crippen LogP contribution is -2.56. The van der Waals surface area contributed by atoms with Gasteiger partial charge in [-0.3, -0.25) is 19.2 Å². The number of para-hydroxylation sites is 1. The van der Waals surface area contributed by atoms with E-state index in [1.807, 2.05) is 24.3 Å². The van der Waals surface area contributed by atoms with Gasteiger partial charge in [0.25, 0.3) is 0 Å². The SMILES string of the molecule is NCCCCC(NC(=O)C(CS)NC(=O)C(N)Cc1c[nH]c2ccccc12)C(=O)NCC(=O)O. The van der Waals surface area contributed by atoms with Gasteiger partial charge in [0.05, 0.1) is 6.04 Å². The minimum Gasteiger partial charge on any atom is -0.480 e. The molecular weight excluding hydrogens is 460 g/mol. The summed E-state index contributed by atoms with van der Waals surface area (Å²) in [5, 5.41) is 17.1. The number of aromatic nitrogens is 1. The molecule has 1 aromatic carbocycles. The summed E-state index contributed by atoms with van der Waals surface area (Å²) < 4.78 is 0. The molecule has 3 atom stereocenters. The highest BCUT2D eigenvalue weighted by Crippen LogP contribution is 2.18. The van der Waals surface area contributed by atoms with E-state index in [4.69, 9.17) is 16.6 Å². The Bertz CT molecular complexity index is 997. The van der Waals surface area contributed by atoms with Crippen LogP contribution in [0.4, 0.5) is 0 Å². The van der Waals surface area contributed by atoms with E-state index in [1.165, 1.54) is 0 Å². The average Bonchev–Trinajstić information content (AvgIpc) is 3.22. The van der Waals surface area contributed by atoms with Crippen LogP contribution in [-0.4, -0.2) is 70.7 Å². The van der Waals surface area contributed by atoms with Crippen molar-refractivity contribution in [3.05, 3.63) is 36.0 Å². The normalized spacial score (nSPS) is 13.6. The van der Waals surface area contributed by atoms with Crippen molar-refractivity contribution in [3.8, 4) is 0 Å². The first-order valence-corrected chi connectivity index (χ1v) is 11.6. The Balaban J connectivity index is 1.98. The van der Waals surface area contributed by atoms with Crippen LogP contribution in [-0.2, 0) is 25.6 Å². The third-order valence-corrected chi connectivity index (χ3v) is 5.63. The van der Waals surface area contributed by atoms with Gasteiger partial charge in [-0.1, -0.05) is 18.2 Å². The number of hydrogen-bond acceptors (Lipinski definition) is 7. The smallest absolute Gasteiger partial charge is 0.322 e. The summed E-state index contributed by atoms with van der Waals surface area (Å²) in [6, 6.07) is 4.72. The van der Waals surface area contributed by atoms with E-state index in [0.717, 1.165) is 16.5 Å². The lowest BCUT2D eigenvalue weighted by Gasteiger charge is -2.23. The van der Waals surface area contributed by atoms with Gasteiger partial charge >= 0.3 is 5.97 Å². The quantitative estimate of drug-likeness (QED) is 0.126. The summed E-state index contributed by atoms with van der Waals surface area (Å²) in [7, 11) is 0. The fourth-order valence-corrected chi connectivity index (χ4v) is 3.68. The predicted octanol–water partition coefficient (Wildman–Crippen LogP) is -0.733. The number of carboxylic acids is 1. The number of thiol groups is 1. The number of hydrogen-bond donors (Lipinski definition) is 8. The zero-order chi connectivity index (χ0) is 25.1. The van der Waals surface area contributed by atoms with Crippen LogP contribution in [0.25, 0.3) is 10.9 Å². The summed E-state index contributed by atoms with van der Waals surface area (Å²) in [6.07, 6.45) is 3.50. The first-order valence-electron chi connectivity index (χ1n) is 11.0. The Hall–Kier alpha value is -3.09. The van der Waals surface area contributed by atoms with Crippen LogP contribution in [0.15, 0.2) is 30.5 Å². The van der Waals surface area contributed by atoms with Crippen LogP contribution in [0.5, 0.6) is 0 Å². The zero-order valence-electron chi connectivity index (χ0n) is 18.8. The Labute approximate surface area is 202 Å². The Morgan fingerprint density at radius 1 is 1.03 bits per heavy atom. The molecule has 2 rings (SSSR count). The van der Waals surface area contributed by atoms with E-state index in [9.17, 15) is 19.2 Å². The number of carbonyl (C=O) groups is 4. The fraction of sp³-hybridized carbons (Fsp3) is 0.455. The molecule has 0 spiro atoms. The minimum absolute atomic E-state index is 0.0242. The second-order valence-corrected chi connectivity index (χ2v) is 8.24. The van der Waals surface area contributed by atoms with Crippen LogP contribution in [0.3, 0.4) is 0 Å². The number of nitrogens with one attached hydrogen (secondary N) is 4. The molecule has 0 saturated heterocycles. The van der Waals surface area contributed by atoms with Crippen molar-refractivity contribution in [3.63, 3.8) is 0 Å². The topological polar surface area (TPSA) is 192 Å². The van der Waals surface area contributed by atoms with E-state index in [0.29, 0.717) is 19.4 Å². The molecule has 1 aromatic heterocycles. The van der Waals surface area contributed by atoms with Crippen LogP contribution in [0.1, 0.15) is 24.8 Å². The van der Waals surface area contributed by atoms with Gasteiger partial charge in [0.2, 0.25) is 17.7 Å². The first kappa shape index (κ1) is 27.2. The van der Waals surface area contributed by atoms with Crippen molar-refractivity contribution < 1.29 is 24.3 Å². The molecule has 186 valence electrons. The highest BCUT2D eigenvalue weighted by molar-refractivity contribution is 7.80. The molecule has 0 bridgehead atoms. The first-order chi connectivity index (χ1) is 16.3. The van der Waals surface area contributed by atoms with Gasteiger partial charge in [0.15, 0.2) is 0 Å². The molecule has 0 saturated carbocycles. The van der Waals surface area contributed by atoms with E-state index < -0.39 is 48.4 Å². The third kappa shape index (κ3) is 8.04. The molecule has 0 fully saturated rings. The van der Waals surface area contributed by atoms with E-state index >= 15 is 0 Å². The number of carboxylic acid groups (broad SMARTS) is 1. The monoisotopic (exact) mass is 492 g/mol. The maximum Gasteiger partial charge on any atom is 0.322 e. The molecular formula is C22H32N6O5S. The Morgan fingerprint density at radius 3 is 2.41 bits per heavy atom. The number of fused-ring (bicyclic) bond motifs is 1. The average molecular weight is 493 g/mol. The van der Waals surface area contributed by atoms with E-state index in [1.54, 1.807) is 6.20 Å². The van der Waals surface area contributed by atoms with Crippen molar-refractivity contribution >= 4 is 47.2 Å². The predicted molar refractivity (Wildman–Crippen MR) is 131 cm³/mol. The second kappa shape index (κ2) is 13.6. The number of carbonyl (C=O) groups excluding carboxylic acids is 3. The number of benzene rings is 1. The molecule has 0 aliphatic carbocycles. The molecule has 0 aliphatic rings. The zero-order valence-corrected chi connectivity index (χ0v) is 19.6. The van der Waals surface area contributed by atoms with Crippen molar-refractivity contribution in [1.29, 1.82) is 0 Å². The van der Waals surface area contributed by atoms with Crippen LogP contribution >= 0.6 is 12.6 Å². The largest absolute Gasteiger partial charge is 0.480 e. The lowest BCUT2D eigenvalue weighted by atomic mass is 10.0. The molecule has 1 heterocycles. The van der Waals surface area contributed by atoms with Crippen LogP contribution < -0.4 is 27.4 Å². The lowest BCUT2D eigenvalue weighted by molar-refractivity contribution is -0.138. The standard InChI is InChI=1S/C22H32N6O5S/c23-8-4-3-7-17(21(32)26-11-19(29)30)27-22(33)18(12-34)28-20(31)15(24)9-13-10-25-16-6-2-1-5-14(13)16/h1-2,5-6,10,15,17-18,25,34H,3-4,7-9,11-12,23-24H2,(H,26,32)(H,27,33)(H,28,31)(H,29,30). The number of nitrogens with two attached hydrogens (primary N) is 2. The van der Waals surface area contributed by atoms with Gasteiger partial charge in [-0.25, -0.2) is 0 Å². The van der Waals surface area contributed by atoms with E-state index in [-0.39, 0.29) is 18.6 Å². The van der Waals surface area contributed by atoms with E-state index in [2.05, 4.69) is 33.6 Å². The summed E-state index contributed by atoms with van der Waals surface area (Å²) in [5.41, 5.74) is 13.4. The molecule has 11 nitrogen and oxygen atoms in total. The van der Waals surface area contributed by atoms with Crippen molar-refractivity contribution in [2.24, 2.45) is 11.5 Å². The minimum atomic E-state index is -1.20. The van der Waals surface area contributed by atoms with Crippen LogP contribution in [0.2, 0.25) is 0 Å². The summed E-state index contributed by atoms with van der Waals surface area (Å²) in [6.45, 7) is -0.154. The van der Waals surface area contributed by atoms with Gasteiger partial charge < -0.3 is 37.5 Å². The van der Waals surface area contributed by atoms with Crippen LogP contribution in [0, 0.1) is 0 Å². The number of aromatic amines is 1. The molecule has 3 amide bonds. The summed E-state index contributed by atoms with van der Waals surface area (Å²) >= 11 is 4.15. The number of rotatable bonds is 14. The highest BCUT2D eigenvalue weighted by atomic mass is 32.1. The number of amides is 3. The van der Waals surface area contributed by atoms with Crippen molar-refractivity contribution in [2.75, 3.05) is 18.8 Å². The maximum absolute atomic E-state index is 12.8. The molecule has 0 aliphatic heterocycles. The molecule has 12 heteroatoms. The van der Waals surface area contributed by atoms with Gasteiger partial charge in [0.1, 0.15) is 18.6 Å². The molecule has 34 heavy (non-hydrogen) atoms. The maximum atomic E-state index is 12.8.